The third-order valence-corrected chi connectivity index (χ3v) is 1.82. The fourth-order valence-corrected chi connectivity index (χ4v) is 0.909. The lowest BCUT2D eigenvalue weighted by molar-refractivity contribution is 1.14. The van der Waals surface area contributed by atoms with Crippen LogP contribution in [0.3, 0.4) is 0 Å². The van der Waals surface area contributed by atoms with E-state index in [-0.39, 0.29) is 5.84 Å². The van der Waals surface area contributed by atoms with Crippen molar-refractivity contribution in [2.75, 3.05) is 6.54 Å². The summed E-state index contributed by atoms with van der Waals surface area (Å²) in [7, 11) is 0. The van der Waals surface area contributed by atoms with Crippen LogP contribution < -0.4 is 11.5 Å². The van der Waals surface area contributed by atoms with E-state index in [1.807, 2.05) is 39.0 Å². The second-order valence-electron chi connectivity index (χ2n) is 3.12. The Morgan fingerprint density at radius 3 is 2.14 bits per heavy atom. The van der Waals surface area contributed by atoms with Crippen molar-refractivity contribution in [1.82, 2.24) is 0 Å². The van der Waals surface area contributed by atoms with Crippen molar-refractivity contribution < 1.29 is 0 Å². The van der Waals surface area contributed by atoms with Gasteiger partial charge in [-0.3, -0.25) is 5.41 Å². The van der Waals surface area contributed by atoms with Crippen LogP contribution in [0.25, 0.3) is 0 Å². The quantitative estimate of drug-likeness (QED) is 0.467. The van der Waals surface area contributed by atoms with E-state index in [2.05, 4.69) is 0 Å². The van der Waals surface area contributed by atoms with Gasteiger partial charge in [-0.2, -0.15) is 0 Å². The third-order valence-electron chi connectivity index (χ3n) is 1.82. The monoisotopic (exact) mass is 193 g/mol. The summed E-state index contributed by atoms with van der Waals surface area (Å²) < 4.78 is 0. The molecule has 0 fully saturated rings. The first-order valence-corrected chi connectivity index (χ1v) is 4.64. The Labute approximate surface area is 85.6 Å². The molecule has 0 aliphatic carbocycles. The summed E-state index contributed by atoms with van der Waals surface area (Å²) in [5.41, 5.74) is 13.4. The zero-order valence-corrected chi connectivity index (χ0v) is 9.09. The molecule has 1 aromatic rings. The Kier molecular flexibility index (Phi) is 5.56. The predicted molar refractivity (Wildman–Crippen MR) is 61.7 cm³/mol. The molecule has 78 valence electrons. The zero-order valence-electron chi connectivity index (χ0n) is 9.09. The lowest BCUT2D eigenvalue weighted by Gasteiger charge is -2.02. The molecule has 3 heteroatoms. The van der Waals surface area contributed by atoms with Gasteiger partial charge in [-0.25, -0.2) is 0 Å². The molecule has 0 aliphatic heterocycles. The molecule has 0 amide bonds. The van der Waals surface area contributed by atoms with Gasteiger partial charge in [0.15, 0.2) is 0 Å². The van der Waals surface area contributed by atoms with Gasteiger partial charge in [0.2, 0.25) is 0 Å². The van der Waals surface area contributed by atoms with Crippen molar-refractivity contribution in [1.29, 1.82) is 5.41 Å². The van der Waals surface area contributed by atoms with Gasteiger partial charge in [0.1, 0.15) is 5.84 Å². The minimum Gasteiger partial charge on any atom is -0.384 e. The van der Waals surface area contributed by atoms with Gasteiger partial charge in [-0.05, 0) is 37.6 Å². The Morgan fingerprint density at radius 1 is 1.29 bits per heavy atom. The Hall–Kier alpha value is -1.35. The van der Waals surface area contributed by atoms with Gasteiger partial charge in [0.25, 0.3) is 0 Å². The van der Waals surface area contributed by atoms with E-state index in [0.29, 0.717) is 0 Å². The normalized spacial score (nSPS) is 8.86. The maximum atomic E-state index is 7.18. The van der Waals surface area contributed by atoms with Gasteiger partial charge in [0.05, 0.1) is 0 Å². The molecule has 0 spiro atoms. The molecule has 14 heavy (non-hydrogen) atoms. The SMILES string of the molecule is CCN.Cc1ccc(C(=N)N)cc1C. The molecule has 0 unspecified atom stereocenters. The largest absolute Gasteiger partial charge is 0.384 e. The Morgan fingerprint density at radius 2 is 1.79 bits per heavy atom. The minimum atomic E-state index is 0.133. The van der Waals surface area contributed by atoms with Crippen LogP contribution in [0.2, 0.25) is 0 Å². The number of amidine groups is 1. The van der Waals surface area contributed by atoms with Crippen molar-refractivity contribution in [3.8, 4) is 0 Å². The van der Waals surface area contributed by atoms with Crippen LogP contribution in [-0.4, -0.2) is 12.4 Å². The van der Waals surface area contributed by atoms with Crippen LogP contribution in [0.15, 0.2) is 18.2 Å². The number of benzene rings is 1. The molecular formula is C11H19N3. The van der Waals surface area contributed by atoms with E-state index in [9.17, 15) is 0 Å². The molecule has 0 aliphatic rings. The van der Waals surface area contributed by atoms with Gasteiger partial charge in [-0.15, -0.1) is 0 Å². The molecule has 0 saturated heterocycles. The number of hydrogen-bond acceptors (Lipinski definition) is 2. The van der Waals surface area contributed by atoms with Gasteiger partial charge < -0.3 is 11.5 Å². The minimum absolute atomic E-state index is 0.133. The third kappa shape index (κ3) is 4.05. The van der Waals surface area contributed by atoms with Crippen LogP contribution in [0.5, 0.6) is 0 Å². The number of nitrogens with one attached hydrogen (secondary N) is 1. The first-order valence-electron chi connectivity index (χ1n) is 4.64. The first kappa shape index (κ1) is 12.7. The highest BCUT2D eigenvalue weighted by molar-refractivity contribution is 5.95. The molecule has 3 nitrogen and oxygen atoms in total. The zero-order chi connectivity index (χ0) is 11.1. The lowest BCUT2D eigenvalue weighted by Crippen LogP contribution is -2.11. The van der Waals surface area contributed by atoms with Crippen molar-refractivity contribution in [3.63, 3.8) is 0 Å². The second kappa shape index (κ2) is 6.16. The predicted octanol–water partition coefficient (Wildman–Crippen LogP) is 1.55. The average Bonchev–Trinajstić information content (AvgIpc) is 2.10. The number of hydrogen-bond donors (Lipinski definition) is 3. The molecule has 0 atom stereocenters. The van der Waals surface area contributed by atoms with Crippen molar-refractivity contribution in [2.45, 2.75) is 20.8 Å². The topological polar surface area (TPSA) is 75.9 Å². The molecule has 0 heterocycles. The van der Waals surface area contributed by atoms with Crippen molar-refractivity contribution in [3.05, 3.63) is 34.9 Å². The molecule has 0 aromatic heterocycles. The van der Waals surface area contributed by atoms with Gasteiger partial charge in [-0.1, -0.05) is 19.1 Å². The molecule has 1 rings (SSSR count). The van der Waals surface area contributed by atoms with Crippen LogP contribution in [0, 0.1) is 19.3 Å². The summed E-state index contributed by atoms with van der Waals surface area (Å²) in [6, 6.07) is 5.77. The average molecular weight is 193 g/mol. The number of nitrogens with two attached hydrogens (primary N) is 2. The summed E-state index contributed by atoms with van der Waals surface area (Å²) in [5, 5.41) is 7.18. The summed E-state index contributed by atoms with van der Waals surface area (Å²) in [4.78, 5) is 0. The number of nitrogen functional groups attached to an aromatic ring is 1. The van der Waals surface area contributed by atoms with Crippen LogP contribution in [0.1, 0.15) is 23.6 Å². The molecule has 5 N–H and O–H groups in total. The fourth-order valence-electron chi connectivity index (χ4n) is 0.909. The van der Waals surface area contributed by atoms with E-state index in [0.717, 1.165) is 12.1 Å². The van der Waals surface area contributed by atoms with Crippen molar-refractivity contribution in [2.24, 2.45) is 11.5 Å². The second-order valence-corrected chi connectivity index (χ2v) is 3.12. The highest BCUT2D eigenvalue weighted by Gasteiger charge is 1.97. The maximum Gasteiger partial charge on any atom is 0.122 e. The van der Waals surface area contributed by atoms with Crippen LogP contribution in [-0.2, 0) is 0 Å². The summed E-state index contributed by atoms with van der Waals surface area (Å²) in [5.74, 6) is 0.133. The summed E-state index contributed by atoms with van der Waals surface area (Å²) in [6.45, 7) is 6.71. The fraction of sp³-hybridized carbons (Fsp3) is 0.364. The summed E-state index contributed by atoms with van der Waals surface area (Å²) >= 11 is 0. The molecule has 0 bridgehead atoms. The first-order chi connectivity index (χ1) is 6.52. The highest BCUT2D eigenvalue weighted by atomic mass is 14.7. The standard InChI is InChI=1S/C9H12N2.C2H7N/c1-6-3-4-8(9(10)11)5-7(6)2;1-2-3/h3-5H,1-2H3,(H3,10,11);2-3H2,1H3. The molecule has 0 radical (unpaired) electrons. The van der Waals surface area contributed by atoms with E-state index < -0.39 is 0 Å². The van der Waals surface area contributed by atoms with Crippen LogP contribution >= 0.6 is 0 Å². The van der Waals surface area contributed by atoms with Gasteiger partial charge >= 0.3 is 0 Å². The maximum absolute atomic E-state index is 7.18. The van der Waals surface area contributed by atoms with E-state index in [1.54, 1.807) is 0 Å². The molecule has 0 saturated carbocycles. The van der Waals surface area contributed by atoms with Gasteiger partial charge in [0, 0.05) is 5.56 Å². The lowest BCUT2D eigenvalue weighted by atomic mass is 10.1. The number of aryl methyl sites for hydroxylation is 2. The highest BCUT2D eigenvalue weighted by Crippen LogP contribution is 2.08. The van der Waals surface area contributed by atoms with E-state index in [4.69, 9.17) is 16.9 Å². The van der Waals surface area contributed by atoms with Crippen molar-refractivity contribution >= 4 is 5.84 Å². The molecule has 1 aromatic carbocycles. The Balaban J connectivity index is 0.000000500. The van der Waals surface area contributed by atoms with E-state index >= 15 is 0 Å². The Bertz CT molecular complexity index is 305. The smallest absolute Gasteiger partial charge is 0.122 e. The van der Waals surface area contributed by atoms with Crippen LogP contribution in [0.4, 0.5) is 0 Å². The van der Waals surface area contributed by atoms with E-state index in [1.165, 1.54) is 11.1 Å². The summed E-state index contributed by atoms with van der Waals surface area (Å²) in [6.07, 6.45) is 0. The molecular weight excluding hydrogens is 174 g/mol. The number of rotatable bonds is 1.